The van der Waals surface area contributed by atoms with E-state index in [9.17, 15) is 14.7 Å². The van der Waals surface area contributed by atoms with E-state index in [1.54, 1.807) is 29.2 Å². The fraction of sp³-hybridized carbons (Fsp3) is 0.304. The van der Waals surface area contributed by atoms with Gasteiger partial charge in [-0.15, -0.1) is 0 Å². The number of carbonyl (C=O) groups excluding carboxylic acids is 1. The van der Waals surface area contributed by atoms with Gasteiger partial charge in [0, 0.05) is 13.1 Å². The molecule has 0 saturated carbocycles. The Labute approximate surface area is 169 Å². The van der Waals surface area contributed by atoms with E-state index in [-0.39, 0.29) is 22.8 Å². The van der Waals surface area contributed by atoms with E-state index in [1.165, 1.54) is 0 Å². The highest BCUT2D eigenvalue weighted by atomic mass is 16.3. The molecule has 6 heteroatoms. The fourth-order valence-corrected chi connectivity index (χ4v) is 3.82. The number of carbonyl (C=O) groups is 1. The number of phenols is 1. The second-order valence-electron chi connectivity index (χ2n) is 7.90. The Morgan fingerprint density at radius 1 is 1.07 bits per heavy atom. The Morgan fingerprint density at radius 2 is 1.72 bits per heavy atom. The number of aromatic hydroxyl groups is 1. The van der Waals surface area contributed by atoms with Gasteiger partial charge in [-0.3, -0.25) is 9.59 Å². The first-order valence-corrected chi connectivity index (χ1v) is 9.60. The molecule has 0 bridgehead atoms. The molecule has 1 aliphatic rings. The standard InChI is InChI=1S/C23H24N2O4/c1-13-11-17-18(12-14(13)2)29-22-19(21(17)27)20(15-5-7-16(26)8-6-15)25(23(22)28)10-9-24(3)4/h5-8,11-12,20,26H,9-10H2,1-4H3/t20-/m1/s1. The maximum absolute atomic E-state index is 13.5. The predicted octanol–water partition coefficient (Wildman–Crippen LogP) is 3.22. The van der Waals surface area contributed by atoms with Gasteiger partial charge in [-0.2, -0.15) is 0 Å². The molecule has 1 N–H and O–H groups in total. The van der Waals surface area contributed by atoms with Crippen LogP contribution in [0.3, 0.4) is 0 Å². The van der Waals surface area contributed by atoms with Crippen molar-refractivity contribution in [3.8, 4) is 5.75 Å². The highest BCUT2D eigenvalue weighted by Crippen LogP contribution is 2.38. The summed E-state index contributed by atoms with van der Waals surface area (Å²) in [6.45, 7) is 5.01. The van der Waals surface area contributed by atoms with E-state index in [4.69, 9.17) is 4.42 Å². The van der Waals surface area contributed by atoms with Gasteiger partial charge in [-0.25, -0.2) is 0 Å². The van der Waals surface area contributed by atoms with Crippen LogP contribution in [0.15, 0.2) is 45.6 Å². The average molecular weight is 392 g/mol. The van der Waals surface area contributed by atoms with E-state index >= 15 is 0 Å². The van der Waals surface area contributed by atoms with Crippen LogP contribution in [0.2, 0.25) is 0 Å². The molecule has 0 aliphatic carbocycles. The highest BCUT2D eigenvalue weighted by molar-refractivity contribution is 5.99. The Morgan fingerprint density at radius 3 is 2.38 bits per heavy atom. The lowest BCUT2D eigenvalue weighted by atomic mass is 9.97. The lowest BCUT2D eigenvalue weighted by molar-refractivity contribution is 0.0716. The first-order chi connectivity index (χ1) is 13.8. The van der Waals surface area contributed by atoms with Crippen molar-refractivity contribution < 1.29 is 14.3 Å². The molecule has 1 amide bonds. The van der Waals surface area contributed by atoms with Crippen molar-refractivity contribution in [2.45, 2.75) is 19.9 Å². The van der Waals surface area contributed by atoms with Crippen LogP contribution < -0.4 is 5.43 Å². The molecule has 2 heterocycles. The zero-order valence-electron chi connectivity index (χ0n) is 17.0. The van der Waals surface area contributed by atoms with Crippen molar-refractivity contribution in [1.29, 1.82) is 0 Å². The van der Waals surface area contributed by atoms with Gasteiger partial charge in [0.25, 0.3) is 5.91 Å². The van der Waals surface area contributed by atoms with Gasteiger partial charge in [-0.1, -0.05) is 12.1 Å². The van der Waals surface area contributed by atoms with E-state index in [0.717, 1.165) is 16.7 Å². The molecule has 4 rings (SSSR count). The van der Waals surface area contributed by atoms with Crippen LogP contribution in [0.25, 0.3) is 11.0 Å². The fourth-order valence-electron chi connectivity index (χ4n) is 3.82. The summed E-state index contributed by atoms with van der Waals surface area (Å²) >= 11 is 0. The van der Waals surface area contributed by atoms with E-state index in [0.29, 0.717) is 29.6 Å². The third-order valence-corrected chi connectivity index (χ3v) is 5.58. The number of rotatable bonds is 4. The van der Waals surface area contributed by atoms with Crippen molar-refractivity contribution in [2.24, 2.45) is 0 Å². The Kier molecular flexibility index (Phi) is 4.67. The van der Waals surface area contributed by atoms with E-state index < -0.39 is 6.04 Å². The lowest BCUT2D eigenvalue weighted by Crippen LogP contribution is -2.35. The summed E-state index contributed by atoms with van der Waals surface area (Å²) in [7, 11) is 3.87. The van der Waals surface area contributed by atoms with Crippen LogP contribution in [-0.2, 0) is 0 Å². The van der Waals surface area contributed by atoms with Crippen LogP contribution in [-0.4, -0.2) is 48.0 Å². The van der Waals surface area contributed by atoms with Gasteiger partial charge in [0.1, 0.15) is 11.3 Å². The van der Waals surface area contributed by atoms with Gasteiger partial charge in [0.2, 0.25) is 5.76 Å². The third kappa shape index (κ3) is 3.19. The quantitative estimate of drug-likeness (QED) is 0.738. The van der Waals surface area contributed by atoms with Crippen molar-refractivity contribution >= 4 is 16.9 Å². The Bertz CT molecular complexity index is 1160. The number of amides is 1. The van der Waals surface area contributed by atoms with Crippen molar-refractivity contribution in [3.05, 3.63) is 74.6 Å². The smallest absolute Gasteiger partial charge is 0.290 e. The van der Waals surface area contributed by atoms with Gasteiger partial charge < -0.3 is 19.3 Å². The van der Waals surface area contributed by atoms with Gasteiger partial charge in [0.15, 0.2) is 5.43 Å². The largest absolute Gasteiger partial charge is 0.508 e. The maximum Gasteiger partial charge on any atom is 0.290 e. The zero-order valence-corrected chi connectivity index (χ0v) is 17.0. The van der Waals surface area contributed by atoms with Crippen molar-refractivity contribution in [2.75, 3.05) is 27.2 Å². The minimum atomic E-state index is -0.541. The molecular formula is C23H24N2O4. The molecule has 150 valence electrons. The molecule has 0 spiro atoms. The third-order valence-electron chi connectivity index (χ3n) is 5.58. The summed E-state index contributed by atoms with van der Waals surface area (Å²) in [6, 6.07) is 9.73. The maximum atomic E-state index is 13.5. The van der Waals surface area contributed by atoms with Crippen LogP contribution in [0, 0.1) is 13.8 Å². The summed E-state index contributed by atoms with van der Waals surface area (Å²) in [5.41, 5.74) is 3.40. The SMILES string of the molecule is Cc1cc2oc3c(c(=O)c2cc1C)[C@@H](c1ccc(O)cc1)N(CCN(C)C)C3=O. The Balaban J connectivity index is 1.96. The van der Waals surface area contributed by atoms with Gasteiger partial charge >= 0.3 is 0 Å². The van der Waals surface area contributed by atoms with Gasteiger partial charge in [-0.05, 0) is 68.9 Å². The molecule has 1 aromatic heterocycles. The summed E-state index contributed by atoms with van der Waals surface area (Å²) in [5, 5.41) is 10.2. The first kappa shape index (κ1) is 19.2. The Hall–Kier alpha value is -3.12. The molecule has 0 saturated heterocycles. The molecule has 1 atom stereocenters. The zero-order chi connectivity index (χ0) is 20.9. The number of benzene rings is 2. The molecule has 0 unspecified atom stereocenters. The molecule has 2 aromatic carbocycles. The minimum Gasteiger partial charge on any atom is -0.508 e. The van der Waals surface area contributed by atoms with Crippen molar-refractivity contribution in [1.82, 2.24) is 9.80 Å². The van der Waals surface area contributed by atoms with Crippen LogP contribution in [0.4, 0.5) is 0 Å². The molecule has 1 aliphatic heterocycles. The summed E-state index contributed by atoms with van der Waals surface area (Å²) in [6.07, 6.45) is 0. The van der Waals surface area contributed by atoms with Crippen LogP contribution >= 0.6 is 0 Å². The predicted molar refractivity (Wildman–Crippen MR) is 111 cm³/mol. The topological polar surface area (TPSA) is 74.0 Å². The van der Waals surface area contributed by atoms with Crippen LogP contribution in [0.1, 0.15) is 38.9 Å². The highest BCUT2D eigenvalue weighted by Gasteiger charge is 2.42. The number of hydrogen-bond acceptors (Lipinski definition) is 5. The molecule has 0 radical (unpaired) electrons. The molecule has 29 heavy (non-hydrogen) atoms. The second kappa shape index (κ2) is 7.04. The normalized spacial score (nSPS) is 16.1. The van der Waals surface area contributed by atoms with Crippen molar-refractivity contribution in [3.63, 3.8) is 0 Å². The van der Waals surface area contributed by atoms with Gasteiger partial charge in [0.05, 0.1) is 17.0 Å². The van der Waals surface area contributed by atoms with Crippen LogP contribution in [0.5, 0.6) is 5.75 Å². The summed E-state index contributed by atoms with van der Waals surface area (Å²) < 4.78 is 5.99. The number of likely N-dealkylation sites (N-methyl/N-ethyl adjacent to an activating group) is 1. The summed E-state index contributed by atoms with van der Waals surface area (Å²) in [5.74, 6) is -0.0329. The monoisotopic (exact) mass is 392 g/mol. The molecule has 3 aromatic rings. The number of aryl methyl sites for hydroxylation is 2. The minimum absolute atomic E-state index is 0.114. The second-order valence-corrected chi connectivity index (χ2v) is 7.90. The average Bonchev–Trinajstić information content (AvgIpc) is 2.95. The molecule has 6 nitrogen and oxygen atoms in total. The number of nitrogens with zero attached hydrogens (tertiary/aromatic N) is 2. The van der Waals surface area contributed by atoms with E-state index in [1.807, 2.05) is 45.0 Å². The number of fused-ring (bicyclic) bond motifs is 2. The first-order valence-electron chi connectivity index (χ1n) is 9.60. The number of phenolic OH excluding ortho intramolecular Hbond substituents is 1. The molecular weight excluding hydrogens is 368 g/mol. The molecule has 0 fully saturated rings. The van der Waals surface area contributed by atoms with E-state index in [2.05, 4.69) is 0 Å². The number of hydrogen-bond donors (Lipinski definition) is 1. The summed E-state index contributed by atoms with van der Waals surface area (Å²) in [4.78, 5) is 30.4. The lowest BCUT2D eigenvalue weighted by Gasteiger charge is -2.26.